The number of aliphatic hydroxyl groups is 1. The Labute approximate surface area is 205 Å². The number of aromatic hydroxyl groups is 1. The predicted octanol–water partition coefficient (Wildman–Crippen LogP) is 5.77. The molecule has 6 heteroatoms. The Kier molecular flexibility index (Phi) is 6.39. The van der Waals surface area contributed by atoms with Crippen LogP contribution in [0, 0.1) is 13.8 Å². The molecular weight excluding hydrogens is 442 g/mol. The van der Waals surface area contributed by atoms with Crippen molar-refractivity contribution in [2.45, 2.75) is 39.7 Å². The number of methoxy groups -OCH3 is 1. The van der Waals surface area contributed by atoms with E-state index in [0.29, 0.717) is 22.6 Å². The van der Waals surface area contributed by atoms with E-state index in [9.17, 15) is 19.8 Å². The fraction of sp³-hybridized carbons (Fsp3) is 0.241. The van der Waals surface area contributed by atoms with E-state index in [-0.39, 0.29) is 23.0 Å². The van der Waals surface area contributed by atoms with Crippen LogP contribution in [0.15, 0.2) is 66.2 Å². The van der Waals surface area contributed by atoms with E-state index in [4.69, 9.17) is 4.74 Å². The van der Waals surface area contributed by atoms with Gasteiger partial charge in [-0.3, -0.25) is 14.5 Å². The highest BCUT2D eigenvalue weighted by Gasteiger charge is 2.47. The Hall–Kier alpha value is -4.06. The van der Waals surface area contributed by atoms with E-state index in [0.717, 1.165) is 16.7 Å². The molecule has 0 bridgehead atoms. The molecule has 1 atom stereocenters. The van der Waals surface area contributed by atoms with Crippen LogP contribution in [0.3, 0.4) is 0 Å². The number of ether oxygens (including phenoxy) is 1. The lowest BCUT2D eigenvalue weighted by Gasteiger charge is -2.26. The fourth-order valence-corrected chi connectivity index (χ4v) is 4.58. The molecule has 3 aromatic carbocycles. The highest BCUT2D eigenvalue weighted by atomic mass is 16.5. The zero-order chi connectivity index (χ0) is 25.4. The summed E-state index contributed by atoms with van der Waals surface area (Å²) < 4.78 is 5.52. The fourth-order valence-electron chi connectivity index (χ4n) is 4.58. The quantitative estimate of drug-likeness (QED) is 0.280. The van der Waals surface area contributed by atoms with Gasteiger partial charge in [0.25, 0.3) is 11.7 Å². The smallest absolute Gasteiger partial charge is 0.300 e. The minimum atomic E-state index is -0.860. The van der Waals surface area contributed by atoms with Gasteiger partial charge in [0.15, 0.2) is 0 Å². The van der Waals surface area contributed by atoms with Crippen molar-refractivity contribution in [2.75, 3.05) is 12.0 Å². The third kappa shape index (κ3) is 4.28. The molecule has 0 radical (unpaired) electrons. The van der Waals surface area contributed by atoms with Gasteiger partial charge in [-0.25, -0.2) is 0 Å². The maximum Gasteiger partial charge on any atom is 0.300 e. The van der Waals surface area contributed by atoms with Crippen LogP contribution < -0.4 is 9.64 Å². The molecule has 1 unspecified atom stereocenters. The van der Waals surface area contributed by atoms with Crippen molar-refractivity contribution in [2.24, 2.45) is 0 Å². The van der Waals surface area contributed by atoms with Crippen molar-refractivity contribution in [3.8, 4) is 11.5 Å². The summed E-state index contributed by atoms with van der Waals surface area (Å²) in [7, 11) is 1.60. The van der Waals surface area contributed by atoms with Gasteiger partial charge in [-0.1, -0.05) is 38.1 Å². The Morgan fingerprint density at radius 3 is 2.29 bits per heavy atom. The number of phenolic OH excluding ortho intramolecular Hbond substituents is 1. The number of benzene rings is 3. The number of Topliss-reactive ketones (excluding diaryl/α,β-unsaturated/α-hetero) is 1. The second-order valence-electron chi connectivity index (χ2n) is 9.16. The number of phenols is 1. The van der Waals surface area contributed by atoms with Crippen LogP contribution in [0.2, 0.25) is 0 Å². The van der Waals surface area contributed by atoms with Crippen molar-refractivity contribution in [1.29, 1.82) is 0 Å². The summed E-state index contributed by atoms with van der Waals surface area (Å²) in [4.78, 5) is 28.2. The topological polar surface area (TPSA) is 87.1 Å². The van der Waals surface area contributed by atoms with Gasteiger partial charge in [-0.05, 0) is 78.4 Å². The number of carbonyl (C=O) groups excluding carboxylic acids is 2. The molecule has 1 heterocycles. The monoisotopic (exact) mass is 471 g/mol. The molecule has 3 aromatic rings. The first-order valence-corrected chi connectivity index (χ1v) is 11.5. The van der Waals surface area contributed by atoms with Crippen LogP contribution in [-0.2, 0) is 9.59 Å². The van der Waals surface area contributed by atoms with Gasteiger partial charge in [-0.15, -0.1) is 0 Å². The summed E-state index contributed by atoms with van der Waals surface area (Å²) in [5.41, 5.74) is 4.16. The first-order chi connectivity index (χ1) is 16.6. The first-order valence-electron chi connectivity index (χ1n) is 11.5. The molecule has 0 aromatic heterocycles. The average Bonchev–Trinajstić information content (AvgIpc) is 3.09. The number of anilines is 1. The third-order valence-corrected chi connectivity index (χ3v) is 6.39. The van der Waals surface area contributed by atoms with E-state index < -0.39 is 17.7 Å². The number of aliphatic hydroxyl groups excluding tert-OH is 1. The van der Waals surface area contributed by atoms with Crippen LogP contribution >= 0.6 is 0 Å². The van der Waals surface area contributed by atoms with Gasteiger partial charge in [0.05, 0.1) is 18.7 Å². The predicted molar refractivity (Wildman–Crippen MR) is 136 cm³/mol. The largest absolute Gasteiger partial charge is 0.508 e. The number of hydrogen-bond donors (Lipinski definition) is 2. The second kappa shape index (κ2) is 9.29. The molecule has 1 fully saturated rings. The van der Waals surface area contributed by atoms with Crippen LogP contribution in [0.5, 0.6) is 11.5 Å². The molecule has 0 aliphatic carbocycles. The Balaban J connectivity index is 1.99. The van der Waals surface area contributed by atoms with Gasteiger partial charge < -0.3 is 14.9 Å². The average molecular weight is 472 g/mol. The van der Waals surface area contributed by atoms with Crippen molar-refractivity contribution in [1.82, 2.24) is 0 Å². The molecule has 1 amide bonds. The minimum absolute atomic E-state index is 0.00479. The van der Waals surface area contributed by atoms with E-state index in [1.807, 2.05) is 58.0 Å². The number of rotatable bonds is 5. The lowest BCUT2D eigenvalue weighted by atomic mass is 9.91. The maximum atomic E-state index is 13.4. The molecule has 0 spiro atoms. The zero-order valence-corrected chi connectivity index (χ0v) is 20.5. The Morgan fingerprint density at radius 2 is 1.69 bits per heavy atom. The summed E-state index contributed by atoms with van der Waals surface area (Å²) >= 11 is 0. The summed E-state index contributed by atoms with van der Waals surface area (Å²) in [6, 6.07) is 16.4. The molecule has 6 nitrogen and oxygen atoms in total. The first kappa shape index (κ1) is 24.1. The Bertz CT molecular complexity index is 1340. The molecule has 1 aliphatic rings. The molecule has 0 saturated carbocycles. The van der Waals surface area contributed by atoms with Crippen LogP contribution in [0.1, 0.15) is 53.6 Å². The standard InChI is InChI=1S/C29H29NO5/c1-16(2)22-15-23(18(4)14-24(22)35-5)27(32)25-26(19-9-11-21(31)12-10-19)30(29(34)28(25)33)20-8-6-7-17(3)13-20/h6-16,26,31-32H,1-5H3/b27-25+. The van der Waals surface area contributed by atoms with Crippen LogP contribution in [0.4, 0.5) is 5.69 Å². The molecule has 180 valence electrons. The van der Waals surface area contributed by atoms with Crippen LogP contribution in [0.25, 0.3) is 5.76 Å². The van der Waals surface area contributed by atoms with E-state index in [1.54, 1.807) is 25.3 Å². The zero-order valence-electron chi connectivity index (χ0n) is 20.5. The number of nitrogens with zero attached hydrogens (tertiary/aromatic N) is 1. The lowest BCUT2D eigenvalue weighted by molar-refractivity contribution is -0.132. The summed E-state index contributed by atoms with van der Waals surface area (Å²) in [6.45, 7) is 7.77. The van der Waals surface area contributed by atoms with Crippen molar-refractivity contribution >= 4 is 23.1 Å². The van der Waals surface area contributed by atoms with E-state index in [1.165, 1.54) is 17.0 Å². The second-order valence-corrected chi connectivity index (χ2v) is 9.16. The van der Waals surface area contributed by atoms with Crippen LogP contribution in [-0.4, -0.2) is 29.0 Å². The number of carbonyl (C=O) groups is 2. The highest BCUT2D eigenvalue weighted by Crippen LogP contribution is 2.43. The normalized spacial score (nSPS) is 17.3. The van der Waals surface area contributed by atoms with Crippen molar-refractivity contribution in [3.63, 3.8) is 0 Å². The minimum Gasteiger partial charge on any atom is -0.508 e. The molecule has 1 aliphatic heterocycles. The van der Waals surface area contributed by atoms with Gasteiger partial charge in [0, 0.05) is 11.3 Å². The number of ketones is 1. The molecule has 2 N–H and O–H groups in total. The summed E-state index contributed by atoms with van der Waals surface area (Å²) in [6.07, 6.45) is 0. The van der Waals surface area contributed by atoms with E-state index >= 15 is 0 Å². The van der Waals surface area contributed by atoms with Crippen molar-refractivity contribution in [3.05, 3.63) is 94.1 Å². The van der Waals surface area contributed by atoms with Gasteiger partial charge in [-0.2, -0.15) is 0 Å². The number of amides is 1. The maximum absolute atomic E-state index is 13.4. The van der Waals surface area contributed by atoms with Gasteiger partial charge in [0.2, 0.25) is 0 Å². The SMILES string of the molecule is COc1cc(C)c(/C(O)=C2\C(=O)C(=O)N(c3cccc(C)c3)C2c2ccc(O)cc2)cc1C(C)C. The van der Waals surface area contributed by atoms with Gasteiger partial charge >= 0.3 is 0 Å². The molecule has 1 saturated heterocycles. The molecule has 35 heavy (non-hydrogen) atoms. The number of hydrogen-bond acceptors (Lipinski definition) is 5. The highest BCUT2D eigenvalue weighted by molar-refractivity contribution is 6.51. The summed E-state index contributed by atoms with van der Waals surface area (Å²) in [5.74, 6) is -0.842. The molecule has 4 rings (SSSR count). The molecular formula is C29H29NO5. The van der Waals surface area contributed by atoms with Crippen molar-refractivity contribution < 1.29 is 24.5 Å². The lowest BCUT2D eigenvalue weighted by Crippen LogP contribution is -2.29. The number of aryl methyl sites for hydroxylation is 2. The van der Waals surface area contributed by atoms with Gasteiger partial charge in [0.1, 0.15) is 17.3 Å². The Morgan fingerprint density at radius 1 is 1.00 bits per heavy atom. The third-order valence-electron chi connectivity index (χ3n) is 6.39. The summed E-state index contributed by atoms with van der Waals surface area (Å²) in [5, 5.41) is 21.4. The van der Waals surface area contributed by atoms with E-state index in [2.05, 4.69) is 0 Å².